The maximum Gasteiger partial charge on any atom is 0.469 e. The number of nitrogens with zero attached hydrogens (tertiary/aromatic N) is 3. The Morgan fingerprint density at radius 3 is 2.95 bits per heavy atom. The highest BCUT2D eigenvalue weighted by atomic mass is 31.2. The number of ether oxygens (including phenoxy) is 1. The Hall–Kier alpha value is -1.55. The summed E-state index contributed by atoms with van der Waals surface area (Å²) < 4.78 is 22.8. The number of anilines is 1. The largest absolute Gasteiger partial charge is 0.469 e. The summed E-state index contributed by atoms with van der Waals surface area (Å²) in [6, 6.07) is 1.62. The molecule has 0 bridgehead atoms. The first kappa shape index (κ1) is 15.3. The number of aromatic nitrogens is 3. The van der Waals surface area contributed by atoms with Crippen LogP contribution in [0.2, 0.25) is 0 Å². The molecule has 3 rings (SSSR count). The minimum Gasteiger partial charge on any atom is -0.397 e. The van der Waals surface area contributed by atoms with Crippen molar-refractivity contribution in [3.05, 3.63) is 18.6 Å². The van der Waals surface area contributed by atoms with Crippen LogP contribution >= 0.6 is 7.82 Å². The van der Waals surface area contributed by atoms with E-state index >= 15 is 0 Å². The SMILES string of the molecule is Nc1ccnc2c1ncn2[C@H]1C[C@H](OP(=O)(O)O)[C@@H](CO)O1. The Morgan fingerprint density at radius 2 is 2.27 bits per heavy atom. The average Bonchev–Trinajstić information content (AvgIpc) is 3.01. The lowest BCUT2D eigenvalue weighted by atomic mass is 10.2. The molecule has 3 atom stereocenters. The van der Waals surface area contributed by atoms with Crippen LogP contribution in [-0.4, -0.2) is 48.2 Å². The number of phosphoric acid groups is 1. The standard InChI is InChI=1S/C11H15N4O6P/c12-6-1-2-13-11-10(6)14-5-15(11)9-3-7(8(4-16)20-9)21-22(17,18)19/h1-2,5,7-9,16H,3-4H2,(H2,12,13)(H2,17,18,19)/t7-,8+,9+/m0/s1. The number of rotatable bonds is 4. The normalized spacial score (nSPS) is 25.9. The van der Waals surface area contributed by atoms with E-state index in [-0.39, 0.29) is 6.42 Å². The molecule has 3 heterocycles. The molecule has 1 saturated heterocycles. The summed E-state index contributed by atoms with van der Waals surface area (Å²) >= 11 is 0. The maximum absolute atomic E-state index is 11.0. The molecule has 2 aromatic heterocycles. The van der Waals surface area contributed by atoms with Crippen molar-refractivity contribution in [2.24, 2.45) is 0 Å². The van der Waals surface area contributed by atoms with Crippen molar-refractivity contribution >= 4 is 24.7 Å². The van der Waals surface area contributed by atoms with Gasteiger partial charge < -0.3 is 25.4 Å². The molecular weight excluding hydrogens is 315 g/mol. The van der Waals surface area contributed by atoms with Crippen LogP contribution in [0.4, 0.5) is 5.69 Å². The predicted octanol–water partition coefficient (Wildman–Crippen LogP) is -0.229. The minimum absolute atomic E-state index is 0.137. The van der Waals surface area contributed by atoms with Crippen molar-refractivity contribution < 1.29 is 28.7 Å². The predicted molar refractivity (Wildman–Crippen MR) is 74.5 cm³/mol. The maximum atomic E-state index is 11.0. The third kappa shape index (κ3) is 2.84. The van der Waals surface area contributed by atoms with Crippen molar-refractivity contribution in [1.29, 1.82) is 0 Å². The first-order valence-electron chi connectivity index (χ1n) is 6.46. The summed E-state index contributed by atoms with van der Waals surface area (Å²) in [6.45, 7) is -0.427. The van der Waals surface area contributed by atoms with Gasteiger partial charge in [0.15, 0.2) is 5.65 Å². The van der Waals surface area contributed by atoms with Crippen LogP contribution in [0.3, 0.4) is 0 Å². The Morgan fingerprint density at radius 1 is 1.50 bits per heavy atom. The topological polar surface area (TPSA) is 153 Å². The molecule has 10 nitrogen and oxygen atoms in total. The average molecular weight is 330 g/mol. The molecule has 1 fully saturated rings. The summed E-state index contributed by atoms with van der Waals surface area (Å²) in [4.78, 5) is 26.2. The molecule has 0 amide bonds. The molecule has 2 aromatic rings. The highest BCUT2D eigenvalue weighted by Crippen LogP contribution is 2.43. The van der Waals surface area contributed by atoms with Crippen LogP contribution in [-0.2, 0) is 13.8 Å². The van der Waals surface area contributed by atoms with Gasteiger partial charge in [-0.05, 0) is 6.07 Å². The number of hydrogen-bond donors (Lipinski definition) is 4. The fourth-order valence-electron chi connectivity index (χ4n) is 2.49. The van der Waals surface area contributed by atoms with Gasteiger partial charge in [-0.2, -0.15) is 0 Å². The number of aliphatic hydroxyl groups is 1. The van der Waals surface area contributed by atoms with Gasteiger partial charge in [0.1, 0.15) is 24.0 Å². The molecule has 0 saturated carbocycles. The molecule has 0 aliphatic carbocycles. The zero-order valence-electron chi connectivity index (χ0n) is 11.3. The molecular formula is C11H15N4O6P. The van der Waals surface area contributed by atoms with Crippen LogP contribution in [0.5, 0.6) is 0 Å². The van der Waals surface area contributed by atoms with E-state index < -0.39 is 32.9 Å². The van der Waals surface area contributed by atoms with Gasteiger partial charge in [-0.25, -0.2) is 14.5 Å². The first-order chi connectivity index (χ1) is 10.4. The van der Waals surface area contributed by atoms with E-state index in [1.165, 1.54) is 12.5 Å². The molecule has 0 spiro atoms. The lowest BCUT2D eigenvalue weighted by molar-refractivity contribution is -0.0425. The first-order valence-corrected chi connectivity index (χ1v) is 7.99. The van der Waals surface area contributed by atoms with E-state index in [0.717, 1.165) is 0 Å². The second-order valence-electron chi connectivity index (χ2n) is 4.91. The van der Waals surface area contributed by atoms with Gasteiger partial charge in [-0.15, -0.1) is 0 Å². The van der Waals surface area contributed by atoms with Gasteiger partial charge in [0.25, 0.3) is 0 Å². The quantitative estimate of drug-likeness (QED) is 0.557. The molecule has 22 heavy (non-hydrogen) atoms. The van der Waals surface area contributed by atoms with Crippen LogP contribution in [0.1, 0.15) is 12.6 Å². The number of pyridine rings is 1. The highest BCUT2D eigenvalue weighted by molar-refractivity contribution is 7.46. The molecule has 0 aromatic carbocycles. The molecule has 1 aliphatic rings. The van der Waals surface area contributed by atoms with E-state index in [1.54, 1.807) is 10.6 Å². The van der Waals surface area contributed by atoms with Crippen LogP contribution in [0.15, 0.2) is 18.6 Å². The molecule has 11 heteroatoms. The van der Waals surface area contributed by atoms with Crippen molar-refractivity contribution in [1.82, 2.24) is 14.5 Å². The number of nitrogen functional groups attached to an aromatic ring is 1. The fourth-order valence-corrected chi connectivity index (χ4v) is 3.06. The summed E-state index contributed by atoms with van der Waals surface area (Å²) in [5, 5.41) is 9.29. The molecule has 5 N–H and O–H groups in total. The zero-order valence-corrected chi connectivity index (χ0v) is 12.2. The number of phosphoric ester groups is 1. The Kier molecular flexibility index (Phi) is 3.89. The number of hydrogen-bond acceptors (Lipinski definition) is 7. The highest BCUT2D eigenvalue weighted by Gasteiger charge is 2.40. The van der Waals surface area contributed by atoms with Crippen molar-refractivity contribution in [3.63, 3.8) is 0 Å². The molecule has 1 aliphatic heterocycles. The van der Waals surface area contributed by atoms with Crippen molar-refractivity contribution in [2.75, 3.05) is 12.3 Å². The van der Waals surface area contributed by atoms with Gasteiger partial charge in [0, 0.05) is 12.6 Å². The van der Waals surface area contributed by atoms with Gasteiger partial charge >= 0.3 is 7.82 Å². The Labute approximate surface area is 124 Å². The van der Waals surface area contributed by atoms with Crippen LogP contribution in [0, 0.1) is 0 Å². The lowest BCUT2D eigenvalue weighted by Gasteiger charge is -2.16. The molecule has 0 unspecified atom stereocenters. The smallest absolute Gasteiger partial charge is 0.397 e. The number of nitrogens with two attached hydrogens (primary N) is 1. The van der Waals surface area contributed by atoms with Crippen molar-refractivity contribution in [2.45, 2.75) is 24.9 Å². The Balaban J connectivity index is 1.89. The summed E-state index contributed by atoms with van der Waals surface area (Å²) in [5.41, 5.74) is 7.26. The second kappa shape index (κ2) is 5.58. The summed E-state index contributed by atoms with van der Waals surface area (Å²) in [7, 11) is -4.68. The lowest BCUT2D eigenvalue weighted by Crippen LogP contribution is -2.26. The van der Waals surface area contributed by atoms with Crippen LogP contribution < -0.4 is 5.73 Å². The third-order valence-corrected chi connectivity index (χ3v) is 3.98. The number of aliphatic hydroxyl groups excluding tert-OH is 1. The van der Waals surface area contributed by atoms with Gasteiger partial charge in [-0.3, -0.25) is 9.09 Å². The van der Waals surface area contributed by atoms with Gasteiger partial charge in [-0.1, -0.05) is 0 Å². The van der Waals surface area contributed by atoms with Crippen molar-refractivity contribution in [3.8, 4) is 0 Å². The monoisotopic (exact) mass is 330 g/mol. The van der Waals surface area contributed by atoms with E-state index in [4.69, 9.17) is 20.3 Å². The molecule has 120 valence electrons. The number of fused-ring (bicyclic) bond motifs is 1. The van der Waals surface area contributed by atoms with E-state index in [2.05, 4.69) is 14.5 Å². The molecule has 0 radical (unpaired) electrons. The van der Waals surface area contributed by atoms with E-state index in [0.29, 0.717) is 16.9 Å². The number of imidazole rings is 1. The van der Waals surface area contributed by atoms with Gasteiger partial charge in [0.2, 0.25) is 0 Å². The minimum atomic E-state index is -4.68. The second-order valence-corrected chi connectivity index (χ2v) is 6.10. The third-order valence-electron chi connectivity index (χ3n) is 3.44. The van der Waals surface area contributed by atoms with E-state index in [1.807, 2.05) is 0 Å². The fraction of sp³-hybridized carbons (Fsp3) is 0.455. The van der Waals surface area contributed by atoms with Gasteiger partial charge in [0.05, 0.1) is 18.6 Å². The van der Waals surface area contributed by atoms with E-state index in [9.17, 15) is 9.67 Å². The zero-order chi connectivity index (χ0) is 15.9. The van der Waals surface area contributed by atoms with Crippen LogP contribution in [0.25, 0.3) is 11.2 Å². The Bertz CT molecular complexity index is 730. The summed E-state index contributed by atoms with van der Waals surface area (Å²) in [5.74, 6) is 0. The summed E-state index contributed by atoms with van der Waals surface area (Å²) in [6.07, 6.45) is 0.738.